The van der Waals surface area contributed by atoms with Crippen LogP contribution in [0.3, 0.4) is 0 Å². The van der Waals surface area contributed by atoms with Gasteiger partial charge in [0.2, 0.25) is 0 Å². The van der Waals surface area contributed by atoms with Gasteiger partial charge < -0.3 is 10.1 Å². The van der Waals surface area contributed by atoms with Crippen molar-refractivity contribution in [3.63, 3.8) is 0 Å². The number of ketones is 1. The number of H-pyrrole nitrogens is 1. The first-order valence-corrected chi connectivity index (χ1v) is 6.58. The Labute approximate surface area is 120 Å². The molecule has 4 heteroatoms. The summed E-state index contributed by atoms with van der Waals surface area (Å²) in [6.45, 7) is 0. The number of benzene rings is 2. The van der Waals surface area contributed by atoms with Crippen LogP contribution in [0, 0.1) is 0 Å². The maximum absolute atomic E-state index is 12.3. The Bertz CT molecular complexity index is 762. The van der Waals surface area contributed by atoms with E-state index in [1.807, 2.05) is 24.3 Å². The molecule has 2 aromatic carbocycles. The lowest BCUT2D eigenvalue weighted by atomic mass is 9.99. The van der Waals surface area contributed by atoms with Crippen molar-refractivity contribution in [1.82, 2.24) is 4.98 Å². The molecule has 0 spiro atoms. The topological polar surface area (TPSA) is 53.1 Å². The van der Waals surface area contributed by atoms with Crippen LogP contribution in [0.4, 0.5) is 0 Å². The average Bonchev–Trinajstić information content (AvgIpc) is 2.90. The van der Waals surface area contributed by atoms with E-state index in [9.17, 15) is 9.90 Å². The van der Waals surface area contributed by atoms with E-state index in [0.29, 0.717) is 16.1 Å². The number of aromatic amines is 1. The number of aliphatic hydroxyl groups is 1. The van der Waals surface area contributed by atoms with Gasteiger partial charge in [0.15, 0.2) is 5.78 Å². The number of hydrogen-bond acceptors (Lipinski definition) is 2. The Morgan fingerprint density at radius 3 is 2.55 bits per heavy atom. The first-order valence-electron chi connectivity index (χ1n) is 6.20. The van der Waals surface area contributed by atoms with E-state index in [-0.39, 0.29) is 5.78 Å². The van der Waals surface area contributed by atoms with Gasteiger partial charge in [0, 0.05) is 33.2 Å². The monoisotopic (exact) mass is 285 g/mol. The van der Waals surface area contributed by atoms with E-state index in [0.717, 1.165) is 10.9 Å². The molecule has 0 amide bonds. The van der Waals surface area contributed by atoms with E-state index >= 15 is 0 Å². The van der Waals surface area contributed by atoms with Crippen molar-refractivity contribution in [2.45, 2.75) is 6.10 Å². The summed E-state index contributed by atoms with van der Waals surface area (Å²) < 4.78 is 0. The second-order valence-electron chi connectivity index (χ2n) is 4.56. The molecule has 3 aromatic rings. The van der Waals surface area contributed by atoms with Crippen LogP contribution < -0.4 is 0 Å². The number of hydrogen-bond donors (Lipinski definition) is 2. The normalized spacial score (nSPS) is 12.5. The highest BCUT2D eigenvalue weighted by Crippen LogP contribution is 2.26. The van der Waals surface area contributed by atoms with Crippen molar-refractivity contribution in [3.8, 4) is 0 Å². The Morgan fingerprint density at radius 2 is 1.80 bits per heavy atom. The highest BCUT2D eigenvalue weighted by molar-refractivity contribution is 6.30. The zero-order chi connectivity index (χ0) is 14.1. The van der Waals surface area contributed by atoms with Crippen LogP contribution in [0.2, 0.25) is 5.02 Å². The molecule has 0 aliphatic carbocycles. The summed E-state index contributed by atoms with van der Waals surface area (Å²) in [6.07, 6.45) is 0.482. The summed E-state index contributed by atoms with van der Waals surface area (Å²) in [6, 6.07) is 14.0. The smallest absolute Gasteiger partial charge is 0.195 e. The highest BCUT2D eigenvalue weighted by atomic mass is 35.5. The molecule has 0 radical (unpaired) electrons. The minimum atomic E-state index is -1.19. The third-order valence-corrected chi connectivity index (χ3v) is 3.54. The molecule has 0 saturated heterocycles. The summed E-state index contributed by atoms with van der Waals surface area (Å²) in [5.74, 6) is -0.341. The lowest BCUT2D eigenvalue weighted by molar-refractivity contribution is 0.0750. The van der Waals surface area contributed by atoms with Gasteiger partial charge in [-0.2, -0.15) is 0 Å². The van der Waals surface area contributed by atoms with Gasteiger partial charge in [-0.25, -0.2) is 0 Å². The molecule has 3 rings (SSSR count). The molecular weight excluding hydrogens is 274 g/mol. The molecule has 0 saturated carbocycles. The fourth-order valence-corrected chi connectivity index (χ4v) is 2.36. The van der Waals surface area contributed by atoms with Crippen molar-refractivity contribution >= 4 is 28.3 Å². The maximum Gasteiger partial charge on any atom is 0.195 e. The molecule has 1 atom stereocenters. The second kappa shape index (κ2) is 5.12. The van der Waals surface area contributed by atoms with Gasteiger partial charge in [0.1, 0.15) is 6.10 Å². The minimum Gasteiger partial charge on any atom is -0.380 e. The standard InChI is InChI=1S/C16H12ClNO2/c17-11-7-5-10(6-8-11)15(19)16(20)13-9-18-14-4-2-1-3-12(13)14/h1-9,16,18,20H. The summed E-state index contributed by atoms with van der Waals surface area (Å²) >= 11 is 5.79. The molecule has 0 aliphatic heterocycles. The van der Waals surface area contributed by atoms with Crippen molar-refractivity contribution in [2.75, 3.05) is 0 Å². The van der Waals surface area contributed by atoms with Crippen molar-refractivity contribution < 1.29 is 9.90 Å². The predicted molar refractivity (Wildman–Crippen MR) is 79.0 cm³/mol. The molecule has 20 heavy (non-hydrogen) atoms. The average molecular weight is 286 g/mol. The van der Waals surface area contributed by atoms with E-state index in [1.165, 1.54) is 0 Å². The number of halogens is 1. The van der Waals surface area contributed by atoms with Crippen molar-refractivity contribution in [3.05, 3.63) is 70.9 Å². The zero-order valence-electron chi connectivity index (χ0n) is 10.5. The van der Waals surface area contributed by atoms with Crippen LogP contribution >= 0.6 is 11.6 Å². The fourth-order valence-electron chi connectivity index (χ4n) is 2.23. The Morgan fingerprint density at radius 1 is 1.10 bits per heavy atom. The van der Waals surface area contributed by atoms with Crippen LogP contribution in [-0.4, -0.2) is 15.9 Å². The predicted octanol–water partition coefficient (Wildman–Crippen LogP) is 3.74. The number of nitrogens with one attached hydrogen (secondary N) is 1. The van der Waals surface area contributed by atoms with Gasteiger partial charge in [-0.1, -0.05) is 29.8 Å². The second-order valence-corrected chi connectivity index (χ2v) is 5.00. The molecule has 0 aliphatic rings. The van der Waals surface area contributed by atoms with Crippen LogP contribution in [0.1, 0.15) is 22.0 Å². The molecule has 1 heterocycles. The third-order valence-electron chi connectivity index (χ3n) is 3.29. The number of Topliss-reactive ketones (excluding diaryl/α,β-unsaturated/α-hetero) is 1. The molecule has 1 unspecified atom stereocenters. The number of aromatic nitrogens is 1. The summed E-state index contributed by atoms with van der Waals surface area (Å²) in [7, 11) is 0. The largest absolute Gasteiger partial charge is 0.380 e. The van der Waals surface area contributed by atoms with Gasteiger partial charge in [-0.05, 0) is 30.3 Å². The lowest BCUT2D eigenvalue weighted by Crippen LogP contribution is -2.11. The van der Waals surface area contributed by atoms with Crippen LogP contribution in [-0.2, 0) is 0 Å². The van der Waals surface area contributed by atoms with Gasteiger partial charge in [0.05, 0.1) is 0 Å². The lowest BCUT2D eigenvalue weighted by Gasteiger charge is -2.09. The van der Waals surface area contributed by atoms with Gasteiger partial charge in [-0.15, -0.1) is 0 Å². The zero-order valence-corrected chi connectivity index (χ0v) is 11.3. The molecule has 0 fully saturated rings. The molecule has 100 valence electrons. The number of fused-ring (bicyclic) bond motifs is 1. The Balaban J connectivity index is 1.97. The number of para-hydroxylation sites is 1. The van der Waals surface area contributed by atoms with E-state index < -0.39 is 6.10 Å². The van der Waals surface area contributed by atoms with Crippen molar-refractivity contribution in [1.29, 1.82) is 0 Å². The third kappa shape index (κ3) is 2.22. The summed E-state index contributed by atoms with van der Waals surface area (Å²) in [4.78, 5) is 15.3. The highest BCUT2D eigenvalue weighted by Gasteiger charge is 2.21. The quantitative estimate of drug-likeness (QED) is 0.720. The van der Waals surface area contributed by atoms with Crippen LogP contribution in [0.15, 0.2) is 54.7 Å². The number of rotatable bonds is 3. The minimum absolute atomic E-state index is 0.341. The first kappa shape index (κ1) is 12.9. The number of carbonyl (C=O) groups is 1. The summed E-state index contributed by atoms with van der Waals surface area (Å²) in [5.41, 5.74) is 1.91. The molecular formula is C16H12ClNO2. The number of aliphatic hydroxyl groups excluding tert-OH is 1. The Hall–Kier alpha value is -2.10. The molecule has 3 nitrogen and oxygen atoms in total. The van der Waals surface area contributed by atoms with Gasteiger partial charge in [-0.3, -0.25) is 4.79 Å². The SMILES string of the molecule is O=C(c1ccc(Cl)cc1)C(O)c1c[nH]c2ccccc12. The van der Waals surface area contributed by atoms with E-state index in [1.54, 1.807) is 30.5 Å². The van der Waals surface area contributed by atoms with Gasteiger partial charge in [0.25, 0.3) is 0 Å². The fraction of sp³-hybridized carbons (Fsp3) is 0.0625. The van der Waals surface area contributed by atoms with Crippen molar-refractivity contribution in [2.24, 2.45) is 0 Å². The van der Waals surface area contributed by atoms with Crippen LogP contribution in [0.5, 0.6) is 0 Å². The van der Waals surface area contributed by atoms with Gasteiger partial charge >= 0.3 is 0 Å². The van der Waals surface area contributed by atoms with E-state index in [4.69, 9.17) is 11.6 Å². The molecule has 2 N–H and O–H groups in total. The summed E-state index contributed by atoms with van der Waals surface area (Å²) in [5, 5.41) is 11.7. The number of carbonyl (C=O) groups excluding carboxylic acids is 1. The maximum atomic E-state index is 12.3. The molecule has 1 aromatic heterocycles. The van der Waals surface area contributed by atoms with E-state index in [2.05, 4.69) is 4.98 Å². The Kier molecular flexibility index (Phi) is 3.30. The molecule has 0 bridgehead atoms. The first-order chi connectivity index (χ1) is 9.66. The van der Waals surface area contributed by atoms with Crippen LogP contribution in [0.25, 0.3) is 10.9 Å².